The van der Waals surface area contributed by atoms with Gasteiger partial charge in [0, 0.05) is 11.1 Å². The molecule has 0 fully saturated rings. The summed E-state index contributed by atoms with van der Waals surface area (Å²) >= 11 is 0. The zero-order valence-corrected chi connectivity index (χ0v) is 18.3. The van der Waals surface area contributed by atoms with E-state index in [2.05, 4.69) is 49.5 Å². The van der Waals surface area contributed by atoms with Crippen molar-refractivity contribution in [2.24, 2.45) is 0 Å². The number of methoxy groups -OCH3 is 1. The third kappa shape index (κ3) is 5.62. The topological polar surface area (TPSA) is 55.3 Å². The summed E-state index contributed by atoms with van der Waals surface area (Å²) < 4.78 is 11.4. The molecule has 158 valence electrons. The first kappa shape index (κ1) is 21.9. The molecule has 1 atom stereocenters. The first-order valence-electron chi connectivity index (χ1n) is 10.4. The number of hydrogen-bond donors (Lipinski definition) is 2. The molecule has 0 amide bonds. The fraction of sp³-hybridized carbons (Fsp3) is 0.308. The molecule has 3 N–H and O–H groups in total. The van der Waals surface area contributed by atoms with Gasteiger partial charge in [-0.15, -0.1) is 0 Å². The van der Waals surface area contributed by atoms with E-state index in [0.29, 0.717) is 11.5 Å². The molecule has 0 aliphatic carbocycles. The number of aliphatic hydroxyl groups is 1. The second kappa shape index (κ2) is 10.3. The molecule has 30 heavy (non-hydrogen) atoms. The number of nitrogens with two attached hydrogens (primary N) is 1. The maximum Gasteiger partial charge on any atom is 0.161 e. The van der Waals surface area contributed by atoms with Gasteiger partial charge >= 0.3 is 0 Å². The van der Waals surface area contributed by atoms with E-state index in [1.807, 2.05) is 37.3 Å². The monoisotopic (exact) mass is 406 g/mol. The SMILES string of the molecule is COc1cc(C[NH2+]Cc2ccccc2C)ccc1OC[C@H](O)c1ccc(C)c(C)c1. The molecule has 0 saturated carbocycles. The van der Waals surface area contributed by atoms with Gasteiger partial charge in [0.2, 0.25) is 0 Å². The second-order valence-corrected chi connectivity index (χ2v) is 7.78. The van der Waals surface area contributed by atoms with Crippen LogP contribution in [0.3, 0.4) is 0 Å². The van der Waals surface area contributed by atoms with Gasteiger partial charge in [0.1, 0.15) is 25.8 Å². The van der Waals surface area contributed by atoms with Crippen molar-refractivity contribution >= 4 is 0 Å². The van der Waals surface area contributed by atoms with Gasteiger partial charge in [0.05, 0.1) is 7.11 Å². The van der Waals surface area contributed by atoms with Crippen molar-refractivity contribution in [1.29, 1.82) is 0 Å². The molecule has 0 heterocycles. The minimum Gasteiger partial charge on any atom is -0.493 e. The van der Waals surface area contributed by atoms with Crippen molar-refractivity contribution in [3.63, 3.8) is 0 Å². The van der Waals surface area contributed by atoms with Gasteiger partial charge in [-0.1, -0.05) is 42.5 Å². The predicted octanol–water partition coefficient (Wildman–Crippen LogP) is 4.00. The molecular formula is C26H32NO3+. The highest BCUT2D eigenvalue weighted by Crippen LogP contribution is 2.29. The lowest BCUT2D eigenvalue weighted by Gasteiger charge is -2.16. The Balaban J connectivity index is 1.58. The van der Waals surface area contributed by atoms with E-state index < -0.39 is 6.10 Å². The van der Waals surface area contributed by atoms with E-state index in [9.17, 15) is 5.11 Å². The van der Waals surface area contributed by atoms with Crippen LogP contribution < -0.4 is 14.8 Å². The number of hydrogen-bond acceptors (Lipinski definition) is 3. The minimum atomic E-state index is -0.684. The number of benzene rings is 3. The molecular weight excluding hydrogens is 374 g/mol. The molecule has 0 aliphatic rings. The quantitative estimate of drug-likeness (QED) is 0.565. The number of ether oxygens (including phenoxy) is 2. The van der Waals surface area contributed by atoms with Crippen LogP contribution >= 0.6 is 0 Å². The van der Waals surface area contributed by atoms with Crippen LogP contribution in [-0.2, 0) is 13.1 Å². The maximum absolute atomic E-state index is 10.5. The Morgan fingerprint density at radius 1 is 0.833 bits per heavy atom. The van der Waals surface area contributed by atoms with E-state index in [4.69, 9.17) is 9.47 Å². The third-order valence-corrected chi connectivity index (χ3v) is 5.55. The molecule has 0 aliphatic heterocycles. The van der Waals surface area contributed by atoms with Gasteiger partial charge in [0.15, 0.2) is 11.5 Å². The lowest BCUT2D eigenvalue weighted by Crippen LogP contribution is -2.80. The second-order valence-electron chi connectivity index (χ2n) is 7.78. The summed E-state index contributed by atoms with van der Waals surface area (Å²) in [5, 5.41) is 12.8. The molecule has 3 rings (SSSR count). The maximum atomic E-state index is 10.5. The van der Waals surface area contributed by atoms with Crippen LogP contribution in [0.25, 0.3) is 0 Å². The highest BCUT2D eigenvalue weighted by atomic mass is 16.5. The fourth-order valence-electron chi connectivity index (χ4n) is 3.43. The van der Waals surface area contributed by atoms with Crippen molar-refractivity contribution < 1.29 is 19.9 Å². The predicted molar refractivity (Wildman–Crippen MR) is 120 cm³/mol. The lowest BCUT2D eigenvalue weighted by atomic mass is 10.0. The Bertz CT molecular complexity index is 984. The fourth-order valence-corrected chi connectivity index (χ4v) is 3.43. The van der Waals surface area contributed by atoms with Gasteiger partial charge in [-0.25, -0.2) is 0 Å². The average Bonchev–Trinajstić information content (AvgIpc) is 2.75. The van der Waals surface area contributed by atoms with Crippen LogP contribution in [0.2, 0.25) is 0 Å². The third-order valence-electron chi connectivity index (χ3n) is 5.55. The van der Waals surface area contributed by atoms with Gasteiger partial charge in [-0.2, -0.15) is 0 Å². The highest BCUT2D eigenvalue weighted by molar-refractivity contribution is 5.43. The Labute approximate surface area is 179 Å². The first-order chi connectivity index (χ1) is 14.5. The zero-order valence-electron chi connectivity index (χ0n) is 18.3. The molecule has 0 aromatic heterocycles. The van der Waals surface area contributed by atoms with E-state index in [-0.39, 0.29) is 6.61 Å². The number of aryl methyl sites for hydroxylation is 3. The minimum absolute atomic E-state index is 0.178. The molecule has 4 heteroatoms. The largest absolute Gasteiger partial charge is 0.493 e. The first-order valence-corrected chi connectivity index (χ1v) is 10.4. The Morgan fingerprint density at radius 3 is 2.37 bits per heavy atom. The lowest BCUT2D eigenvalue weighted by molar-refractivity contribution is -0.686. The van der Waals surface area contributed by atoms with Gasteiger partial charge in [-0.3, -0.25) is 0 Å². The van der Waals surface area contributed by atoms with E-state index in [0.717, 1.165) is 24.2 Å². The van der Waals surface area contributed by atoms with Gasteiger partial charge in [-0.05, 0) is 61.2 Å². The van der Waals surface area contributed by atoms with Crippen molar-refractivity contribution in [3.05, 3.63) is 94.0 Å². The van der Waals surface area contributed by atoms with Crippen LogP contribution in [0.5, 0.6) is 11.5 Å². The molecule has 0 spiro atoms. The summed E-state index contributed by atoms with van der Waals surface area (Å²) in [5.74, 6) is 1.33. The highest BCUT2D eigenvalue weighted by Gasteiger charge is 2.13. The molecule has 0 unspecified atom stereocenters. The van der Waals surface area contributed by atoms with Crippen molar-refractivity contribution in [1.82, 2.24) is 0 Å². The molecule has 0 radical (unpaired) electrons. The van der Waals surface area contributed by atoms with Crippen LogP contribution in [-0.4, -0.2) is 18.8 Å². The molecule has 4 nitrogen and oxygen atoms in total. The standard InChI is InChI=1S/C26H31NO3/c1-18-9-11-22(13-20(18)3)24(28)17-30-25-12-10-21(14-26(25)29-4)15-27-16-23-8-6-5-7-19(23)2/h5-14,24,27-28H,15-17H2,1-4H3/p+1/t24-/m0/s1. The van der Waals surface area contributed by atoms with Crippen LogP contribution in [0, 0.1) is 20.8 Å². The zero-order chi connectivity index (χ0) is 21.5. The number of quaternary nitrogens is 1. The van der Waals surface area contributed by atoms with Crippen molar-refractivity contribution in [2.45, 2.75) is 40.0 Å². The number of aliphatic hydroxyl groups excluding tert-OH is 1. The summed E-state index contributed by atoms with van der Waals surface area (Å²) in [6.07, 6.45) is -0.684. The van der Waals surface area contributed by atoms with Crippen LogP contribution in [0.1, 0.15) is 39.5 Å². The molecule has 0 saturated heterocycles. The van der Waals surface area contributed by atoms with Gasteiger partial charge in [0.25, 0.3) is 0 Å². The van der Waals surface area contributed by atoms with E-state index >= 15 is 0 Å². The van der Waals surface area contributed by atoms with Crippen LogP contribution in [0.4, 0.5) is 0 Å². The summed E-state index contributed by atoms with van der Waals surface area (Å²) in [5.41, 5.74) is 7.07. The average molecular weight is 407 g/mol. The Kier molecular flexibility index (Phi) is 7.50. The summed E-state index contributed by atoms with van der Waals surface area (Å²) in [7, 11) is 1.64. The van der Waals surface area contributed by atoms with E-state index in [1.165, 1.54) is 22.3 Å². The van der Waals surface area contributed by atoms with Crippen molar-refractivity contribution in [2.75, 3.05) is 13.7 Å². The van der Waals surface area contributed by atoms with E-state index in [1.54, 1.807) is 7.11 Å². The number of rotatable bonds is 9. The molecule has 3 aromatic carbocycles. The smallest absolute Gasteiger partial charge is 0.161 e. The normalized spacial score (nSPS) is 11.9. The Morgan fingerprint density at radius 2 is 1.63 bits per heavy atom. The van der Waals surface area contributed by atoms with Crippen molar-refractivity contribution in [3.8, 4) is 11.5 Å². The summed E-state index contributed by atoms with van der Waals surface area (Å²) in [4.78, 5) is 0. The summed E-state index contributed by atoms with van der Waals surface area (Å²) in [6.45, 7) is 8.23. The summed E-state index contributed by atoms with van der Waals surface area (Å²) in [6, 6.07) is 20.4. The molecule has 0 bridgehead atoms. The molecule has 3 aromatic rings. The van der Waals surface area contributed by atoms with Gasteiger partial charge < -0.3 is 19.9 Å². The van der Waals surface area contributed by atoms with Crippen LogP contribution in [0.15, 0.2) is 60.7 Å². The Hall–Kier alpha value is -2.82.